The lowest BCUT2D eigenvalue weighted by atomic mass is 10.1. The molecule has 0 aliphatic carbocycles. The van der Waals surface area contributed by atoms with Crippen LogP contribution < -0.4 is 0 Å². The van der Waals surface area contributed by atoms with E-state index in [0.29, 0.717) is 6.04 Å². The molecule has 0 atom stereocenters. The second-order valence-electron chi connectivity index (χ2n) is 9.27. The summed E-state index contributed by atoms with van der Waals surface area (Å²) in [4.78, 5) is 5.01. The number of hydrogen-bond donors (Lipinski definition) is 0. The first-order valence-electron chi connectivity index (χ1n) is 12.8. The third kappa shape index (κ3) is 9.96. The first kappa shape index (κ1) is 24.7. The molecule has 1 aromatic heterocycles. The van der Waals surface area contributed by atoms with Crippen LogP contribution in [0, 0.1) is 0 Å². The summed E-state index contributed by atoms with van der Waals surface area (Å²) in [6, 6.07) is 11.3. The van der Waals surface area contributed by atoms with E-state index >= 15 is 0 Å². The maximum absolute atomic E-state index is 5.01. The van der Waals surface area contributed by atoms with E-state index in [-0.39, 0.29) is 0 Å². The van der Waals surface area contributed by atoms with Gasteiger partial charge < -0.3 is 4.57 Å². The predicted molar refractivity (Wildman–Crippen MR) is 131 cm³/mol. The van der Waals surface area contributed by atoms with Gasteiger partial charge in [0.2, 0.25) is 0 Å². The van der Waals surface area contributed by atoms with Gasteiger partial charge in [-0.05, 0) is 45.1 Å². The Morgan fingerprint density at radius 2 is 1.30 bits per heavy atom. The zero-order valence-corrected chi connectivity index (χ0v) is 20.0. The number of imidazole rings is 1. The second-order valence-corrected chi connectivity index (χ2v) is 9.27. The van der Waals surface area contributed by atoms with E-state index in [4.69, 9.17) is 4.98 Å². The molecule has 0 bridgehead atoms. The van der Waals surface area contributed by atoms with Crippen LogP contribution in [-0.4, -0.2) is 9.55 Å². The van der Waals surface area contributed by atoms with Crippen LogP contribution >= 0.6 is 0 Å². The van der Waals surface area contributed by atoms with E-state index in [1.807, 2.05) is 0 Å². The monoisotopic (exact) mass is 410 g/mol. The summed E-state index contributed by atoms with van der Waals surface area (Å²) in [5, 5.41) is 0. The van der Waals surface area contributed by atoms with Crippen LogP contribution in [-0.2, 0) is 19.3 Å². The van der Waals surface area contributed by atoms with Crippen molar-refractivity contribution in [2.75, 3.05) is 0 Å². The van der Waals surface area contributed by atoms with Gasteiger partial charge in [-0.3, -0.25) is 0 Å². The van der Waals surface area contributed by atoms with Crippen LogP contribution in [0.15, 0.2) is 36.5 Å². The van der Waals surface area contributed by atoms with Gasteiger partial charge in [0, 0.05) is 18.7 Å². The Bertz CT molecular complexity index is 657. The van der Waals surface area contributed by atoms with Gasteiger partial charge in [0.15, 0.2) is 0 Å². The Hall–Kier alpha value is -1.57. The molecule has 30 heavy (non-hydrogen) atoms. The Balaban J connectivity index is 1.62. The first-order chi connectivity index (χ1) is 14.7. The highest BCUT2D eigenvalue weighted by Crippen LogP contribution is 2.17. The van der Waals surface area contributed by atoms with Gasteiger partial charge in [-0.1, -0.05) is 101 Å². The van der Waals surface area contributed by atoms with Gasteiger partial charge in [0.1, 0.15) is 5.82 Å². The average molecular weight is 411 g/mol. The van der Waals surface area contributed by atoms with Gasteiger partial charge in [-0.2, -0.15) is 0 Å². The summed E-state index contributed by atoms with van der Waals surface area (Å²) in [6.45, 7) is 6.85. The van der Waals surface area contributed by atoms with Crippen LogP contribution in [0.3, 0.4) is 0 Å². The smallest absolute Gasteiger partial charge is 0.109 e. The highest BCUT2D eigenvalue weighted by Gasteiger charge is 2.10. The predicted octanol–water partition coefficient (Wildman–Crippen LogP) is 8.49. The van der Waals surface area contributed by atoms with Crippen molar-refractivity contribution >= 4 is 0 Å². The van der Waals surface area contributed by atoms with E-state index in [1.54, 1.807) is 0 Å². The van der Waals surface area contributed by atoms with Crippen molar-refractivity contribution in [3.63, 3.8) is 0 Å². The molecule has 0 N–H and O–H groups in total. The van der Waals surface area contributed by atoms with Crippen molar-refractivity contribution in [2.45, 2.75) is 123 Å². The molecule has 0 saturated carbocycles. The highest BCUT2D eigenvalue weighted by atomic mass is 15.1. The molecule has 0 unspecified atom stereocenters. The van der Waals surface area contributed by atoms with Crippen LogP contribution in [0.25, 0.3) is 0 Å². The Kier molecular flexibility index (Phi) is 12.6. The molecule has 2 rings (SSSR count). The quantitative estimate of drug-likeness (QED) is 0.239. The molecule has 0 spiro atoms. The fourth-order valence-electron chi connectivity index (χ4n) is 4.31. The summed E-state index contributed by atoms with van der Waals surface area (Å²) in [7, 11) is 0. The second kappa shape index (κ2) is 15.3. The molecule has 1 aromatic carbocycles. The molecular weight excluding hydrogens is 364 g/mol. The summed E-state index contributed by atoms with van der Waals surface area (Å²) in [5.74, 6) is 1.30. The Morgan fingerprint density at radius 1 is 0.700 bits per heavy atom. The van der Waals surface area contributed by atoms with Crippen molar-refractivity contribution in [1.29, 1.82) is 0 Å². The maximum Gasteiger partial charge on any atom is 0.109 e. The number of benzene rings is 1. The molecule has 0 saturated heterocycles. The molecule has 2 heteroatoms. The van der Waals surface area contributed by atoms with E-state index in [9.17, 15) is 0 Å². The number of rotatable bonds is 17. The van der Waals surface area contributed by atoms with Crippen LogP contribution in [0.1, 0.15) is 121 Å². The fourth-order valence-corrected chi connectivity index (χ4v) is 4.31. The maximum atomic E-state index is 5.01. The Morgan fingerprint density at radius 3 is 1.90 bits per heavy atom. The van der Waals surface area contributed by atoms with Crippen molar-refractivity contribution in [2.24, 2.45) is 0 Å². The van der Waals surface area contributed by atoms with Crippen molar-refractivity contribution < 1.29 is 0 Å². The number of nitrogens with zero attached hydrogens (tertiary/aromatic N) is 2. The molecule has 168 valence electrons. The normalized spacial score (nSPS) is 11.5. The van der Waals surface area contributed by atoms with Gasteiger partial charge in [0.25, 0.3) is 0 Å². The van der Waals surface area contributed by atoms with Gasteiger partial charge >= 0.3 is 0 Å². The molecule has 0 aliphatic heterocycles. The van der Waals surface area contributed by atoms with E-state index in [0.717, 1.165) is 19.3 Å². The van der Waals surface area contributed by atoms with Crippen LogP contribution in [0.2, 0.25) is 0 Å². The van der Waals surface area contributed by atoms with Crippen molar-refractivity contribution in [3.05, 3.63) is 53.6 Å². The minimum Gasteiger partial charge on any atom is -0.332 e. The minimum absolute atomic E-state index is 0.503. The standard InChI is InChI=1S/C28H46N2/c1-4-5-6-7-8-9-10-11-12-13-17-23-28-29-27(24-30(28)25(2)3)22-18-21-26-19-15-14-16-20-26/h14-16,19-20,24-25H,4-13,17-18,21-23H2,1-3H3. The van der Waals surface area contributed by atoms with Gasteiger partial charge in [0.05, 0.1) is 5.69 Å². The van der Waals surface area contributed by atoms with Gasteiger partial charge in [-0.25, -0.2) is 4.98 Å². The number of unbranched alkanes of at least 4 members (excludes halogenated alkanes) is 10. The average Bonchev–Trinajstić information content (AvgIpc) is 3.16. The van der Waals surface area contributed by atoms with E-state index in [2.05, 4.69) is 61.9 Å². The SMILES string of the molecule is CCCCCCCCCCCCCc1nc(CCCc2ccccc2)cn1C(C)C. The summed E-state index contributed by atoms with van der Waals surface area (Å²) in [5.41, 5.74) is 2.71. The Labute approximate surface area is 186 Å². The first-order valence-corrected chi connectivity index (χ1v) is 12.8. The van der Waals surface area contributed by atoms with Crippen LogP contribution in [0.4, 0.5) is 0 Å². The lowest BCUT2D eigenvalue weighted by Crippen LogP contribution is -2.05. The topological polar surface area (TPSA) is 17.8 Å². The number of aryl methyl sites for hydroxylation is 3. The zero-order chi connectivity index (χ0) is 21.4. The summed E-state index contributed by atoms with van der Waals surface area (Å²) < 4.78 is 2.41. The minimum atomic E-state index is 0.503. The zero-order valence-electron chi connectivity index (χ0n) is 20.0. The molecule has 2 aromatic rings. The number of hydrogen-bond acceptors (Lipinski definition) is 1. The van der Waals surface area contributed by atoms with Crippen molar-refractivity contribution in [1.82, 2.24) is 9.55 Å². The molecule has 0 aliphatic rings. The molecular formula is C28H46N2. The largest absolute Gasteiger partial charge is 0.332 e. The molecule has 1 heterocycles. The summed E-state index contributed by atoms with van der Waals surface area (Å²) in [6.07, 6.45) is 22.2. The van der Waals surface area contributed by atoms with E-state index < -0.39 is 0 Å². The van der Waals surface area contributed by atoms with E-state index in [1.165, 1.54) is 94.1 Å². The molecule has 0 radical (unpaired) electrons. The lowest BCUT2D eigenvalue weighted by Gasteiger charge is -2.11. The highest BCUT2D eigenvalue weighted by molar-refractivity contribution is 5.15. The fraction of sp³-hybridized carbons (Fsp3) is 0.679. The number of aromatic nitrogens is 2. The van der Waals surface area contributed by atoms with Gasteiger partial charge in [-0.15, -0.1) is 0 Å². The van der Waals surface area contributed by atoms with Crippen molar-refractivity contribution in [3.8, 4) is 0 Å². The summed E-state index contributed by atoms with van der Waals surface area (Å²) >= 11 is 0. The molecule has 2 nitrogen and oxygen atoms in total. The molecule has 0 fully saturated rings. The van der Waals surface area contributed by atoms with Crippen LogP contribution in [0.5, 0.6) is 0 Å². The third-order valence-electron chi connectivity index (χ3n) is 6.16. The molecule has 0 amide bonds. The lowest BCUT2D eigenvalue weighted by molar-refractivity contribution is 0.532. The third-order valence-corrected chi connectivity index (χ3v) is 6.16.